The summed E-state index contributed by atoms with van der Waals surface area (Å²) >= 11 is 0. The Morgan fingerprint density at radius 2 is 1.86 bits per heavy atom. The number of fused-ring (bicyclic) bond motifs is 5. The number of hydrogen-bond acceptors (Lipinski definition) is 3. The van der Waals surface area contributed by atoms with Gasteiger partial charge in [-0.15, -0.1) is 0 Å². The van der Waals surface area contributed by atoms with Gasteiger partial charge in [0.25, 0.3) is 5.91 Å². The molecule has 190 valence electrons. The van der Waals surface area contributed by atoms with Crippen LogP contribution in [0, 0.1) is 58.2 Å². The van der Waals surface area contributed by atoms with E-state index < -0.39 is 0 Å². The van der Waals surface area contributed by atoms with Crippen molar-refractivity contribution in [2.45, 2.75) is 77.6 Å². The number of nitrogens with zero attached hydrogens (tertiary/aromatic N) is 1. The van der Waals surface area contributed by atoms with Gasteiger partial charge in [0.15, 0.2) is 0 Å². The topological polar surface area (TPSA) is 62.1 Å². The molecule has 35 heavy (non-hydrogen) atoms. The van der Waals surface area contributed by atoms with Crippen molar-refractivity contribution in [1.29, 1.82) is 5.26 Å². The third-order valence-electron chi connectivity index (χ3n) is 11.0. The minimum Gasteiger partial charge on any atom is -0.384 e. The summed E-state index contributed by atoms with van der Waals surface area (Å²) < 4.78 is 5.51. The molecule has 1 aromatic carbocycles. The molecule has 4 heteroatoms. The maximum absolute atomic E-state index is 12.9. The lowest BCUT2D eigenvalue weighted by molar-refractivity contribution is -0.121. The van der Waals surface area contributed by atoms with Crippen LogP contribution >= 0.6 is 0 Å². The lowest BCUT2D eigenvalue weighted by atomic mass is 9.44. The second-order valence-corrected chi connectivity index (χ2v) is 12.2. The molecule has 1 amide bonds. The minimum absolute atomic E-state index is 0.00452. The van der Waals surface area contributed by atoms with E-state index in [1.807, 2.05) is 7.11 Å². The lowest BCUT2D eigenvalue weighted by Crippen LogP contribution is -2.55. The van der Waals surface area contributed by atoms with Crippen LogP contribution < -0.4 is 5.32 Å². The standard InChI is InChI=1S/C31H44N2O2/c1-3-31-16-15-27-26-13-9-22(20-35-2)17-24(26)12-14-28(27)29(31)6-4-5-25(31)19-33-30(34)23-10-7-21(18-32)8-11-23/h7-8,10-11,22,24-29H,3-6,9,12-17,19-20H2,1-2H3,(H,33,34)/t22-,24?,25+,26-,27?,28+,29?,31+/m0/s1. The fourth-order valence-electron chi connectivity index (χ4n) is 9.51. The van der Waals surface area contributed by atoms with Crippen LogP contribution in [0.4, 0.5) is 0 Å². The van der Waals surface area contributed by atoms with E-state index in [2.05, 4.69) is 18.3 Å². The molecule has 0 saturated heterocycles. The Balaban J connectivity index is 1.26. The van der Waals surface area contributed by atoms with Gasteiger partial charge in [-0.3, -0.25) is 4.79 Å². The molecule has 1 N–H and O–H groups in total. The molecule has 4 nitrogen and oxygen atoms in total. The lowest BCUT2D eigenvalue weighted by Gasteiger charge is -2.61. The summed E-state index contributed by atoms with van der Waals surface area (Å²) in [5.74, 6) is 5.95. The third-order valence-corrected chi connectivity index (χ3v) is 11.0. The Labute approximate surface area is 212 Å². The van der Waals surface area contributed by atoms with Gasteiger partial charge in [-0.25, -0.2) is 0 Å². The molecule has 4 aliphatic rings. The number of benzene rings is 1. The van der Waals surface area contributed by atoms with E-state index in [9.17, 15) is 4.79 Å². The summed E-state index contributed by atoms with van der Waals surface area (Å²) in [6, 6.07) is 9.15. The number of hydrogen-bond donors (Lipinski definition) is 1. The molecular formula is C31H44N2O2. The maximum Gasteiger partial charge on any atom is 0.251 e. The summed E-state index contributed by atoms with van der Waals surface area (Å²) in [5.41, 5.74) is 1.66. The van der Waals surface area contributed by atoms with E-state index in [1.54, 1.807) is 24.3 Å². The third kappa shape index (κ3) is 4.66. The summed E-state index contributed by atoms with van der Waals surface area (Å²) in [6.07, 6.45) is 15.0. The van der Waals surface area contributed by atoms with Crippen LogP contribution in [-0.4, -0.2) is 26.2 Å². The normalized spacial score (nSPS) is 38.4. The second-order valence-electron chi connectivity index (χ2n) is 12.2. The Hall–Kier alpha value is -1.86. The summed E-state index contributed by atoms with van der Waals surface area (Å²) in [7, 11) is 1.86. The highest BCUT2D eigenvalue weighted by molar-refractivity contribution is 5.94. The van der Waals surface area contributed by atoms with Crippen molar-refractivity contribution in [2.75, 3.05) is 20.3 Å². The molecule has 4 fully saturated rings. The van der Waals surface area contributed by atoms with Crippen molar-refractivity contribution in [1.82, 2.24) is 5.32 Å². The van der Waals surface area contributed by atoms with E-state index >= 15 is 0 Å². The summed E-state index contributed by atoms with van der Waals surface area (Å²) in [4.78, 5) is 12.9. The van der Waals surface area contributed by atoms with Crippen molar-refractivity contribution in [2.24, 2.45) is 46.8 Å². The van der Waals surface area contributed by atoms with Gasteiger partial charge in [-0.2, -0.15) is 5.26 Å². The van der Waals surface area contributed by atoms with Crippen molar-refractivity contribution in [3.8, 4) is 6.07 Å². The van der Waals surface area contributed by atoms with Crippen LogP contribution in [0.15, 0.2) is 24.3 Å². The Kier molecular flexibility index (Phi) is 7.54. The molecule has 5 rings (SSSR count). The molecular weight excluding hydrogens is 432 g/mol. The van der Waals surface area contributed by atoms with Crippen LogP contribution in [0.2, 0.25) is 0 Å². The molecule has 4 aliphatic carbocycles. The smallest absolute Gasteiger partial charge is 0.251 e. The fourth-order valence-corrected chi connectivity index (χ4v) is 9.51. The van der Waals surface area contributed by atoms with Crippen LogP contribution in [0.1, 0.15) is 93.5 Å². The first-order chi connectivity index (χ1) is 17.1. The van der Waals surface area contributed by atoms with Crippen molar-refractivity contribution in [3.63, 3.8) is 0 Å². The number of carbonyl (C=O) groups excluding carboxylic acids is 1. The fraction of sp³-hybridized carbons (Fsp3) is 0.742. The molecule has 0 heterocycles. The zero-order valence-electron chi connectivity index (χ0n) is 21.8. The molecule has 0 spiro atoms. The van der Waals surface area contributed by atoms with Gasteiger partial charge in [0.2, 0.25) is 0 Å². The first kappa shape index (κ1) is 24.8. The Morgan fingerprint density at radius 3 is 2.60 bits per heavy atom. The summed E-state index contributed by atoms with van der Waals surface area (Å²) in [5, 5.41) is 12.3. The highest BCUT2D eigenvalue weighted by Crippen LogP contribution is 2.64. The number of amides is 1. The quantitative estimate of drug-likeness (QED) is 0.503. The van der Waals surface area contributed by atoms with Gasteiger partial charge in [0.05, 0.1) is 11.6 Å². The molecule has 1 aromatic rings. The van der Waals surface area contributed by atoms with E-state index in [4.69, 9.17) is 10.00 Å². The minimum atomic E-state index is 0.00452. The first-order valence-corrected chi connectivity index (χ1v) is 14.4. The van der Waals surface area contributed by atoms with Gasteiger partial charge in [-0.1, -0.05) is 13.3 Å². The molecule has 0 bridgehead atoms. The highest BCUT2D eigenvalue weighted by atomic mass is 16.5. The van der Waals surface area contributed by atoms with Crippen molar-refractivity contribution < 1.29 is 9.53 Å². The summed E-state index contributed by atoms with van der Waals surface area (Å²) in [6.45, 7) is 4.18. The molecule has 4 saturated carbocycles. The Bertz CT molecular complexity index is 921. The van der Waals surface area contributed by atoms with E-state index in [-0.39, 0.29) is 5.91 Å². The number of nitrogens with one attached hydrogen (secondary N) is 1. The van der Waals surface area contributed by atoms with E-state index in [1.165, 1.54) is 70.6 Å². The molecule has 0 radical (unpaired) electrons. The number of nitriles is 1. The van der Waals surface area contributed by atoms with Gasteiger partial charge >= 0.3 is 0 Å². The predicted octanol–water partition coefficient (Wildman–Crippen LogP) is 6.60. The SMILES string of the molecule is CC[C@]12CCC3[C@@H](CCC4C[C@@H](COC)CC[C@@H]43)C1CCC[C@@H]2CNC(=O)c1ccc(C#N)cc1. The van der Waals surface area contributed by atoms with Crippen molar-refractivity contribution >= 4 is 5.91 Å². The number of ether oxygens (including phenoxy) is 1. The molecule has 0 aromatic heterocycles. The van der Waals surface area contributed by atoms with Gasteiger partial charge in [-0.05, 0) is 135 Å². The molecule has 8 atom stereocenters. The Morgan fingerprint density at radius 1 is 1.06 bits per heavy atom. The van der Waals surface area contributed by atoms with Gasteiger partial charge < -0.3 is 10.1 Å². The second kappa shape index (κ2) is 10.6. The number of carbonyl (C=O) groups is 1. The zero-order valence-corrected chi connectivity index (χ0v) is 21.8. The average Bonchev–Trinajstić information content (AvgIpc) is 2.91. The highest BCUT2D eigenvalue weighted by Gasteiger charge is 2.56. The van der Waals surface area contributed by atoms with Crippen molar-refractivity contribution in [3.05, 3.63) is 35.4 Å². The number of rotatable bonds is 6. The predicted molar refractivity (Wildman–Crippen MR) is 139 cm³/mol. The van der Waals surface area contributed by atoms with E-state index in [0.29, 0.717) is 22.5 Å². The largest absolute Gasteiger partial charge is 0.384 e. The zero-order chi connectivity index (χ0) is 24.4. The van der Waals surface area contributed by atoms with Gasteiger partial charge in [0.1, 0.15) is 0 Å². The van der Waals surface area contributed by atoms with Crippen LogP contribution in [0.25, 0.3) is 0 Å². The average molecular weight is 477 g/mol. The van der Waals surface area contributed by atoms with Crippen LogP contribution in [0.5, 0.6) is 0 Å². The number of methoxy groups -OCH3 is 1. The molecule has 0 aliphatic heterocycles. The van der Waals surface area contributed by atoms with E-state index in [0.717, 1.165) is 48.7 Å². The first-order valence-electron chi connectivity index (χ1n) is 14.4. The maximum atomic E-state index is 12.9. The molecule has 3 unspecified atom stereocenters. The van der Waals surface area contributed by atoms with Gasteiger partial charge in [0, 0.05) is 25.8 Å². The van der Waals surface area contributed by atoms with Crippen LogP contribution in [-0.2, 0) is 4.74 Å². The van der Waals surface area contributed by atoms with Crippen LogP contribution in [0.3, 0.4) is 0 Å². The monoisotopic (exact) mass is 476 g/mol.